The Morgan fingerprint density at radius 3 is 2.78 bits per heavy atom. The highest BCUT2D eigenvalue weighted by molar-refractivity contribution is 4.90. The van der Waals surface area contributed by atoms with Crippen molar-refractivity contribution in [3.05, 3.63) is 0 Å². The summed E-state index contributed by atoms with van der Waals surface area (Å²) < 4.78 is 0. The summed E-state index contributed by atoms with van der Waals surface area (Å²) in [5.74, 6) is 3.24. The van der Waals surface area contributed by atoms with Crippen LogP contribution in [0, 0.1) is 17.8 Å². The maximum absolute atomic E-state index is 3.61. The number of hydrogen-bond donors (Lipinski definition) is 1. The topological polar surface area (TPSA) is 15.3 Å². The van der Waals surface area contributed by atoms with E-state index in [0.29, 0.717) is 0 Å². The quantitative estimate of drug-likeness (QED) is 0.780. The van der Waals surface area contributed by atoms with Gasteiger partial charge in [-0.25, -0.2) is 0 Å². The van der Waals surface area contributed by atoms with Crippen LogP contribution in [-0.2, 0) is 0 Å². The zero-order valence-electron chi connectivity index (χ0n) is 12.0. The Bertz CT molecular complexity index is 260. The zero-order valence-corrected chi connectivity index (χ0v) is 12.0. The fourth-order valence-corrected chi connectivity index (χ4v) is 4.70. The van der Waals surface area contributed by atoms with Gasteiger partial charge < -0.3 is 10.2 Å². The molecule has 0 spiro atoms. The van der Waals surface area contributed by atoms with E-state index in [-0.39, 0.29) is 0 Å². The first-order valence-electron chi connectivity index (χ1n) is 8.23. The highest BCUT2D eigenvalue weighted by Gasteiger charge is 2.39. The summed E-state index contributed by atoms with van der Waals surface area (Å²) >= 11 is 0. The van der Waals surface area contributed by atoms with Crippen molar-refractivity contribution in [2.75, 3.05) is 26.7 Å². The lowest BCUT2D eigenvalue weighted by Crippen LogP contribution is -2.30. The van der Waals surface area contributed by atoms with E-state index in [9.17, 15) is 0 Å². The van der Waals surface area contributed by atoms with Gasteiger partial charge in [-0.3, -0.25) is 0 Å². The third-order valence-electron chi connectivity index (χ3n) is 5.69. The summed E-state index contributed by atoms with van der Waals surface area (Å²) in [7, 11) is 2.34. The fraction of sp³-hybridized carbons (Fsp3) is 1.00. The van der Waals surface area contributed by atoms with Crippen molar-refractivity contribution in [2.45, 2.75) is 57.4 Å². The van der Waals surface area contributed by atoms with Crippen LogP contribution in [0.4, 0.5) is 0 Å². The van der Waals surface area contributed by atoms with Crippen molar-refractivity contribution in [1.29, 1.82) is 0 Å². The van der Waals surface area contributed by atoms with Crippen LogP contribution >= 0.6 is 0 Å². The molecule has 1 saturated heterocycles. The van der Waals surface area contributed by atoms with E-state index in [4.69, 9.17) is 0 Å². The summed E-state index contributed by atoms with van der Waals surface area (Å²) in [5.41, 5.74) is 0. The monoisotopic (exact) mass is 250 g/mol. The Morgan fingerprint density at radius 2 is 2.11 bits per heavy atom. The van der Waals surface area contributed by atoms with Crippen LogP contribution in [0.3, 0.4) is 0 Å². The van der Waals surface area contributed by atoms with Crippen molar-refractivity contribution < 1.29 is 0 Å². The predicted octanol–water partition coefficient (Wildman–Crippen LogP) is 2.89. The molecule has 4 atom stereocenters. The molecule has 4 unspecified atom stereocenters. The van der Waals surface area contributed by atoms with Gasteiger partial charge in [-0.05, 0) is 82.8 Å². The molecule has 0 amide bonds. The van der Waals surface area contributed by atoms with E-state index in [2.05, 4.69) is 17.3 Å². The fourth-order valence-electron chi connectivity index (χ4n) is 4.70. The lowest BCUT2D eigenvalue weighted by molar-refractivity contribution is 0.215. The standard InChI is InChI=1S/C16H30N2/c1-18(9-3-5-16-4-2-8-17-16)12-15-11-13-6-7-14(15)10-13/h13-17H,2-12H2,1H3. The SMILES string of the molecule is CN(CCCC1CCCN1)CC1CC2CCC1C2. The average Bonchev–Trinajstić information content (AvgIpc) is 3.04. The molecule has 1 aliphatic heterocycles. The minimum Gasteiger partial charge on any atom is -0.314 e. The Labute approximate surface area is 113 Å². The molecule has 0 aromatic rings. The van der Waals surface area contributed by atoms with Crippen LogP contribution in [0.5, 0.6) is 0 Å². The maximum Gasteiger partial charge on any atom is 0.00680 e. The van der Waals surface area contributed by atoms with Gasteiger partial charge in [0.05, 0.1) is 0 Å². The van der Waals surface area contributed by atoms with Gasteiger partial charge in [0.2, 0.25) is 0 Å². The number of hydrogen-bond acceptors (Lipinski definition) is 2. The minimum absolute atomic E-state index is 0.834. The minimum atomic E-state index is 0.834. The third kappa shape index (κ3) is 3.08. The number of nitrogens with zero attached hydrogens (tertiary/aromatic N) is 1. The second-order valence-corrected chi connectivity index (χ2v) is 7.13. The van der Waals surface area contributed by atoms with Crippen molar-refractivity contribution in [3.8, 4) is 0 Å². The molecule has 18 heavy (non-hydrogen) atoms. The van der Waals surface area contributed by atoms with E-state index >= 15 is 0 Å². The van der Waals surface area contributed by atoms with E-state index in [1.165, 1.54) is 58.2 Å². The van der Waals surface area contributed by atoms with Gasteiger partial charge in [0.1, 0.15) is 0 Å². The van der Waals surface area contributed by atoms with Crippen molar-refractivity contribution in [3.63, 3.8) is 0 Å². The molecule has 1 N–H and O–H groups in total. The molecule has 2 aliphatic carbocycles. The molecule has 2 heteroatoms. The molecule has 3 aliphatic rings. The molecule has 3 fully saturated rings. The summed E-state index contributed by atoms with van der Waals surface area (Å²) in [5, 5.41) is 3.61. The van der Waals surface area contributed by atoms with Gasteiger partial charge in [-0.2, -0.15) is 0 Å². The van der Waals surface area contributed by atoms with Crippen molar-refractivity contribution >= 4 is 0 Å². The van der Waals surface area contributed by atoms with Crippen molar-refractivity contribution in [1.82, 2.24) is 10.2 Å². The molecule has 2 nitrogen and oxygen atoms in total. The smallest absolute Gasteiger partial charge is 0.00680 e. The zero-order chi connectivity index (χ0) is 12.4. The first kappa shape index (κ1) is 12.9. The van der Waals surface area contributed by atoms with E-state index in [1.54, 1.807) is 12.8 Å². The molecular formula is C16H30N2. The van der Waals surface area contributed by atoms with Gasteiger partial charge in [-0.15, -0.1) is 0 Å². The molecule has 0 aromatic heterocycles. The first-order valence-corrected chi connectivity index (χ1v) is 8.23. The summed E-state index contributed by atoms with van der Waals surface area (Å²) in [4.78, 5) is 2.61. The molecule has 3 rings (SSSR count). The number of fused-ring (bicyclic) bond motifs is 2. The van der Waals surface area contributed by atoms with E-state index in [0.717, 1.165) is 23.8 Å². The van der Waals surface area contributed by atoms with Crippen LogP contribution in [0.15, 0.2) is 0 Å². The maximum atomic E-state index is 3.61. The van der Waals surface area contributed by atoms with Gasteiger partial charge in [0.25, 0.3) is 0 Å². The van der Waals surface area contributed by atoms with Gasteiger partial charge in [-0.1, -0.05) is 6.42 Å². The largest absolute Gasteiger partial charge is 0.314 e. The summed E-state index contributed by atoms with van der Waals surface area (Å²) in [6, 6.07) is 0.834. The Morgan fingerprint density at radius 1 is 1.17 bits per heavy atom. The van der Waals surface area contributed by atoms with Gasteiger partial charge in [0.15, 0.2) is 0 Å². The van der Waals surface area contributed by atoms with Crippen LogP contribution in [0.2, 0.25) is 0 Å². The number of nitrogens with one attached hydrogen (secondary N) is 1. The lowest BCUT2D eigenvalue weighted by Gasteiger charge is -2.27. The number of rotatable bonds is 6. The lowest BCUT2D eigenvalue weighted by atomic mass is 9.88. The van der Waals surface area contributed by atoms with Crippen LogP contribution in [-0.4, -0.2) is 37.6 Å². The van der Waals surface area contributed by atoms with E-state index in [1.807, 2.05) is 0 Å². The first-order chi connectivity index (χ1) is 8.81. The van der Waals surface area contributed by atoms with Crippen molar-refractivity contribution in [2.24, 2.45) is 17.8 Å². The molecule has 1 heterocycles. The van der Waals surface area contributed by atoms with Gasteiger partial charge >= 0.3 is 0 Å². The van der Waals surface area contributed by atoms with E-state index < -0.39 is 0 Å². The van der Waals surface area contributed by atoms with Crippen LogP contribution < -0.4 is 5.32 Å². The Hall–Kier alpha value is -0.0800. The average molecular weight is 250 g/mol. The molecule has 2 bridgehead atoms. The summed E-state index contributed by atoms with van der Waals surface area (Å²) in [6.07, 6.45) is 11.8. The Kier molecular flexibility index (Phi) is 4.25. The Balaban J connectivity index is 1.31. The summed E-state index contributed by atoms with van der Waals surface area (Å²) in [6.45, 7) is 3.94. The highest BCUT2D eigenvalue weighted by atomic mass is 15.1. The molecule has 0 aromatic carbocycles. The highest BCUT2D eigenvalue weighted by Crippen LogP contribution is 2.48. The molecule has 0 radical (unpaired) electrons. The predicted molar refractivity (Wildman–Crippen MR) is 76.7 cm³/mol. The molecule has 104 valence electrons. The van der Waals surface area contributed by atoms with Gasteiger partial charge in [0, 0.05) is 12.6 Å². The van der Waals surface area contributed by atoms with Crippen LogP contribution in [0.1, 0.15) is 51.4 Å². The second kappa shape index (κ2) is 5.92. The van der Waals surface area contributed by atoms with Crippen LogP contribution in [0.25, 0.3) is 0 Å². The second-order valence-electron chi connectivity index (χ2n) is 7.13. The molecular weight excluding hydrogens is 220 g/mol. The normalized spacial score (nSPS) is 39.0. The third-order valence-corrected chi connectivity index (χ3v) is 5.69. The molecule has 2 saturated carbocycles.